The highest BCUT2D eigenvalue weighted by atomic mass is 15.1. The van der Waals surface area contributed by atoms with E-state index in [9.17, 15) is 0 Å². The minimum absolute atomic E-state index is 0.499. The molecule has 11 heavy (non-hydrogen) atoms. The smallest absolute Gasteiger partial charge is 0.0355 e. The maximum absolute atomic E-state index is 5.45. The average molecular weight is 151 g/mol. The van der Waals surface area contributed by atoms with Gasteiger partial charge in [0.1, 0.15) is 0 Å². The van der Waals surface area contributed by atoms with Gasteiger partial charge in [-0.25, -0.2) is 0 Å². The molecular formula is C10H17N. The van der Waals surface area contributed by atoms with E-state index in [2.05, 4.69) is 24.9 Å². The van der Waals surface area contributed by atoms with Gasteiger partial charge in [0, 0.05) is 12.0 Å². The Balaban J connectivity index is 2.53. The molecule has 0 radical (unpaired) electrons. The Labute approximate surface area is 69.8 Å². The third kappa shape index (κ3) is 1.97. The van der Waals surface area contributed by atoms with Crippen LogP contribution in [0.2, 0.25) is 0 Å². The van der Waals surface area contributed by atoms with Crippen LogP contribution in [0.1, 0.15) is 25.7 Å². The third-order valence-corrected chi connectivity index (χ3v) is 2.61. The standard InChI is InChI=1S/C10H17N/c1-4-9-7-5-6-8-10(9)11(2)3/h1,9-10H,5-8H2,2-3H3. The van der Waals surface area contributed by atoms with Crippen molar-refractivity contribution < 1.29 is 0 Å². The van der Waals surface area contributed by atoms with Crippen LogP contribution < -0.4 is 0 Å². The van der Waals surface area contributed by atoms with Gasteiger partial charge in [0.05, 0.1) is 0 Å². The minimum Gasteiger partial charge on any atom is -0.305 e. The Kier molecular flexibility index (Phi) is 2.96. The molecule has 0 aromatic rings. The molecule has 1 heteroatoms. The first-order valence-electron chi connectivity index (χ1n) is 4.38. The summed E-state index contributed by atoms with van der Waals surface area (Å²) >= 11 is 0. The van der Waals surface area contributed by atoms with Gasteiger partial charge in [-0.1, -0.05) is 12.8 Å². The summed E-state index contributed by atoms with van der Waals surface area (Å²) in [5.41, 5.74) is 0. The SMILES string of the molecule is C#CC1CCCCC1N(C)C. The van der Waals surface area contributed by atoms with Crippen LogP contribution in [0.15, 0.2) is 0 Å². The highest BCUT2D eigenvalue weighted by Gasteiger charge is 2.24. The molecule has 2 atom stereocenters. The van der Waals surface area contributed by atoms with E-state index in [0.717, 1.165) is 0 Å². The molecule has 0 saturated heterocycles. The Bertz CT molecular complexity index is 155. The molecule has 1 aliphatic rings. The lowest BCUT2D eigenvalue weighted by atomic mass is 9.84. The normalized spacial score (nSPS) is 31.8. The largest absolute Gasteiger partial charge is 0.305 e. The highest BCUT2D eigenvalue weighted by molar-refractivity contribution is 5.00. The molecule has 0 aromatic heterocycles. The van der Waals surface area contributed by atoms with Crippen molar-refractivity contribution >= 4 is 0 Å². The average Bonchev–Trinajstić information content (AvgIpc) is 2.04. The fourth-order valence-corrected chi connectivity index (χ4v) is 1.92. The van der Waals surface area contributed by atoms with Gasteiger partial charge in [-0.2, -0.15) is 0 Å². The maximum atomic E-state index is 5.45. The summed E-state index contributed by atoms with van der Waals surface area (Å²) < 4.78 is 0. The zero-order valence-corrected chi connectivity index (χ0v) is 7.51. The monoisotopic (exact) mass is 151 g/mol. The van der Waals surface area contributed by atoms with Crippen LogP contribution in [0.4, 0.5) is 0 Å². The number of rotatable bonds is 1. The van der Waals surface area contributed by atoms with E-state index < -0.39 is 0 Å². The van der Waals surface area contributed by atoms with Crippen LogP contribution in [0.5, 0.6) is 0 Å². The number of hydrogen-bond donors (Lipinski definition) is 0. The quantitative estimate of drug-likeness (QED) is 0.516. The first-order valence-corrected chi connectivity index (χ1v) is 4.38. The summed E-state index contributed by atoms with van der Waals surface area (Å²) in [5.74, 6) is 3.39. The van der Waals surface area contributed by atoms with Crippen molar-refractivity contribution in [1.29, 1.82) is 0 Å². The lowest BCUT2D eigenvalue weighted by Gasteiger charge is -2.33. The lowest BCUT2D eigenvalue weighted by Crippen LogP contribution is -2.36. The van der Waals surface area contributed by atoms with Crippen molar-refractivity contribution in [1.82, 2.24) is 4.90 Å². The van der Waals surface area contributed by atoms with Gasteiger partial charge in [0.25, 0.3) is 0 Å². The van der Waals surface area contributed by atoms with Crippen LogP contribution in [0.25, 0.3) is 0 Å². The molecule has 0 amide bonds. The van der Waals surface area contributed by atoms with Gasteiger partial charge in [0.2, 0.25) is 0 Å². The van der Waals surface area contributed by atoms with Gasteiger partial charge >= 0.3 is 0 Å². The molecule has 0 aliphatic heterocycles. The molecule has 0 N–H and O–H groups in total. The Morgan fingerprint density at radius 3 is 2.36 bits per heavy atom. The predicted molar refractivity (Wildman–Crippen MR) is 48.3 cm³/mol. The first-order chi connectivity index (χ1) is 5.25. The van der Waals surface area contributed by atoms with Crippen molar-refractivity contribution in [2.45, 2.75) is 31.7 Å². The van der Waals surface area contributed by atoms with Crippen LogP contribution in [0.3, 0.4) is 0 Å². The Hall–Kier alpha value is -0.480. The third-order valence-electron chi connectivity index (χ3n) is 2.61. The van der Waals surface area contributed by atoms with E-state index in [0.29, 0.717) is 12.0 Å². The summed E-state index contributed by atoms with van der Waals surface area (Å²) in [6.45, 7) is 0. The second-order valence-corrected chi connectivity index (χ2v) is 3.59. The van der Waals surface area contributed by atoms with Gasteiger partial charge in [-0.3, -0.25) is 0 Å². The van der Waals surface area contributed by atoms with Gasteiger partial charge in [-0.05, 0) is 26.9 Å². The molecule has 1 fully saturated rings. The summed E-state index contributed by atoms with van der Waals surface area (Å²) in [7, 11) is 4.25. The van der Waals surface area contributed by atoms with E-state index >= 15 is 0 Å². The molecule has 0 heterocycles. The Morgan fingerprint density at radius 2 is 1.91 bits per heavy atom. The fraction of sp³-hybridized carbons (Fsp3) is 0.800. The molecular weight excluding hydrogens is 134 g/mol. The topological polar surface area (TPSA) is 3.24 Å². The van der Waals surface area contributed by atoms with E-state index in [4.69, 9.17) is 6.42 Å². The summed E-state index contributed by atoms with van der Waals surface area (Å²) in [4.78, 5) is 2.27. The van der Waals surface area contributed by atoms with Crippen molar-refractivity contribution in [3.05, 3.63) is 0 Å². The maximum Gasteiger partial charge on any atom is 0.0355 e. The number of hydrogen-bond acceptors (Lipinski definition) is 1. The van der Waals surface area contributed by atoms with Gasteiger partial charge in [-0.15, -0.1) is 12.3 Å². The molecule has 0 aromatic carbocycles. The zero-order valence-electron chi connectivity index (χ0n) is 7.51. The van der Waals surface area contributed by atoms with E-state index in [1.165, 1.54) is 25.7 Å². The Morgan fingerprint density at radius 1 is 1.27 bits per heavy atom. The highest BCUT2D eigenvalue weighted by Crippen LogP contribution is 2.26. The van der Waals surface area contributed by atoms with Crippen LogP contribution in [0, 0.1) is 18.3 Å². The summed E-state index contributed by atoms with van der Waals surface area (Å²) in [6, 6.07) is 0.633. The van der Waals surface area contributed by atoms with Crippen LogP contribution >= 0.6 is 0 Å². The molecule has 0 spiro atoms. The van der Waals surface area contributed by atoms with E-state index in [-0.39, 0.29) is 0 Å². The van der Waals surface area contributed by atoms with Crippen molar-refractivity contribution in [3.63, 3.8) is 0 Å². The molecule has 0 bridgehead atoms. The second-order valence-electron chi connectivity index (χ2n) is 3.59. The fourth-order valence-electron chi connectivity index (χ4n) is 1.92. The molecule has 1 nitrogen and oxygen atoms in total. The van der Waals surface area contributed by atoms with E-state index in [1.54, 1.807) is 0 Å². The lowest BCUT2D eigenvalue weighted by molar-refractivity contribution is 0.189. The van der Waals surface area contributed by atoms with Crippen molar-refractivity contribution in [2.75, 3.05) is 14.1 Å². The molecule has 2 unspecified atom stereocenters. The zero-order chi connectivity index (χ0) is 8.27. The molecule has 1 saturated carbocycles. The van der Waals surface area contributed by atoms with Crippen molar-refractivity contribution in [3.8, 4) is 12.3 Å². The first kappa shape index (κ1) is 8.62. The number of terminal acetylenes is 1. The van der Waals surface area contributed by atoms with Gasteiger partial charge < -0.3 is 4.90 Å². The summed E-state index contributed by atoms with van der Waals surface area (Å²) in [6.07, 6.45) is 10.6. The minimum atomic E-state index is 0.499. The molecule has 62 valence electrons. The number of nitrogens with zero attached hydrogens (tertiary/aromatic N) is 1. The van der Waals surface area contributed by atoms with Crippen LogP contribution in [-0.2, 0) is 0 Å². The van der Waals surface area contributed by atoms with Crippen molar-refractivity contribution in [2.24, 2.45) is 5.92 Å². The molecule has 1 aliphatic carbocycles. The molecule has 1 rings (SSSR count). The predicted octanol–water partition coefficient (Wildman–Crippen LogP) is 1.74. The summed E-state index contributed by atoms with van der Waals surface area (Å²) in [5, 5.41) is 0. The van der Waals surface area contributed by atoms with Gasteiger partial charge in [0.15, 0.2) is 0 Å². The van der Waals surface area contributed by atoms with E-state index in [1.807, 2.05) is 0 Å². The van der Waals surface area contributed by atoms with Crippen LogP contribution in [-0.4, -0.2) is 25.0 Å². The second kappa shape index (κ2) is 3.78.